The molecular weight excluding hydrogens is 254 g/mol. The molecule has 2 rings (SSSR count). The predicted octanol–water partition coefficient (Wildman–Crippen LogP) is 2.81. The molecule has 0 fully saturated rings. The lowest BCUT2D eigenvalue weighted by molar-refractivity contribution is -0.154. The maximum absolute atomic E-state index is 11.8. The van der Waals surface area contributed by atoms with Gasteiger partial charge in [-0.2, -0.15) is 0 Å². The smallest absolute Gasteiger partial charge is 0.308 e. The molecule has 1 aromatic carbocycles. The van der Waals surface area contributed by atoms with Crippen molar-refractivity contribution in [2.24, 2.45) is 0 Å². The van der Waals surface area contributed by atoms with Crippen molar-refractivity contribution in [2.45, 2.75) is 39.2 Å². The van der Waals surface area contributed by atoms with Gasteiger partial charge in [0.05, 0.1) is 6.42 Å². The number of fused-ring (bicyclic) bond motifs is 1. The van der Waals surface area contributed by atoms with Gasteiger partial charge in [-0.1, -0.05) is 12.1 Å². The largest absolute Gasteiger partial charge is 0.460 e. The van der Waals surface area contributed by atoms with Crippen LogP contribution in [0.15, 0.2) is 24.3 Å². The van der Waals surface area contributed by atoms with Crippen molar-refractivity contribution in [3.05, 3.63) is 29.8 Å². The molecule has 0 atom stereocenters. The minimum atomic E-state index is -0.452. The second kappa shape index (κ2) is 5.65. The van der Waals surface area contributed by atoms with E-state index in [0.29, 0.717) is 25.9 Å². The number of nitrogens with zero attached hydrogens (tertiary/aromatic N) is 1. The summed E-state index contributed by atoms with van der Waals surface area (Å²) in [6.45, 7) is 6.83. The van der Waals surface area contributed by atoms with E-state index in [2.05, 4.69) is 4.90 Å². The Morgan fingerprint density at radius 2 is 2.00 bits per heavy atom. The van der Waals surface area contributed by atoms with Crippen molar-refractivity contribution in [3.63, 3.8) is 0 Å². The van der Waals surface area contributed by atoms with Crippen molar-refractivity contribution >= 4 is 17.4 Å². The Morgan fingerprint density at radius 1 is 1.30 bits per heavy atom. The second-order valence-electron chi connectivity index (χ2n) is 6.01. The quantitative estimate of drug-likeness (QED) is 0.796. The lowest BCUT2D eigenvalue weighted by Gasteiger charge is -2.30. The zero-order valence-electron chi connectivity index (χ0n) is 12.3. The fourth-order valence-electron chi connectivity index (χ4n) is 2.33. The van der Waals surface area contributed by atoms with Gasteiger partial charge in [0.25, 0.3) is 0 Å². The first kappa shape index (κ1) is 14.6. The van der Waals surface area contributed by atoms with Crippen molar-refractivity contribution in [3.8, 4) is 0 Å². The average molecular weight is 275 g/mol. The van der Waals surface area contributed by atoms with Crippen LogP contribution in [0.5, 0.6) is 0 Å². The fraction of sp³-hybridized carbons (Fsp3) is 0.500. The number of para-hydroxylation sites is 1. The highest BCUT2D eigenvalue weighted by Crippen LogP contribution is 2.26. The van der Waals surface area contributed by atoms with Crippen LogP contribution >= 0.6 is 0 Å². The van der Waals surface area contributed by atoms with Crippen LogP contribution in [0, 0.1) is 0 Å². The number of hydrogen-bond acceptors (Lipinski definition) is 4. The Bertz CT molecular complexity index is 517. The number of Topliss-reactive ketones (excluding diaryl/α,β-unsaturated/α-hetero) is 1. The molecule has 1 aliphatic heterocycles. The monoisotopic (exact) mass is 275 g/mol. The van der Waals surface area contributed by atoms with E-state index in [-0.39, 0.29) is 11.8 Å². The van der Waals surface area contributed by atoms with Gasteiger partial charge in [0.15, 0.2) is 5.78 Å². The molecule has 1 heterocycles. The standard InChI is InChI=1S/C16H21NO3/c1-16(2,3)20-15(19)9-11-17-10-8-14(18)12-6-4-5-7-13(12)17/h4-7H,8-11H2,1-3H3. The van der Waals surface area contributed by atoms with Crippen LogP contribution in [0.4, 0.5) is 5.69 Å². The van der Waals surface area contributed by atoms with Gasteiger partial charge in [-0.3, -0.25) is 9.59 Å². The highest BCUT2D eigenvalue weighted by Gasteiger charge is 2.23. The topological polar surface area (TPSA) is 46.6 Å². The van der Waals surface area contributed by atoms with Gasteiger partial charge in [-0.25, -0.2) is 0 Å². The summed E-state index contributed by atoms with van der Waals surface area (Å²) in [4.78, 5) is 25.7. The lowest BCUT2D eigenvalue weighted by atomic mass is 10.0. The Labute approximate surface area is 119 Å². The molecule has 4 nitrogen and oxygen atoms in total. The lowest BCUT2D eigenvalue weighted by Crippen LogP contribution is -2.35. The zero-order valence-corrected chi connectivity index (χ0v) is 12.3. The summed E-state index contributed by atoms with van der Waals surface area (Å²) in [7, 11) is 0. The van der Waals surface area contributed by atoms with Gasteiger partial charge in [0, 0.05) is 30.8 Å². The molecule has 1 aliphatic rings. The molecule has 0 radical (unpaired) electrons. The summed E-state index contributed by atoms with van der Waals surface area (Å²) in [6.07, 6.45) is 0.838. The Kier molecular flexibility index (Phi) is 4.12. The number of ketones is 1. The molecular formula is C16H21NO3. The van der Waals surface area contributed by atoms with E-state index in [1.165, 1.54) is 0 Å². The molecule has 0 unspecified atom stereocenters. The average Bonchev–Trinajstić information content (AvgIpc) is 2.36. The number of esters is 1. The first-order valence-corrected chi connectivity index (χ1v) is 6.96. The molecule has 1 aromatic rings. The number of hydrogen-bond donors (Lipinski definition) is 0. The SMILES string of the molecule is CC(C)(C)OC(=O)CCN1CCC(=O)c2ccccc21. The zero-order chi connectivity index (χ0) is 14.8. The van der Waals surface area contributed by atoms with Gasteiger partial charge in [0.1, 0.15) is 5.60 Å². The van der Waals surface area contributed by atoms with E-state index in [4.69, 9.17) is 4.74 Å². The van der Waals surface area contributed by atoms with E-state index in [1.54, 1.807) is 0 Å². The third-order valence-corrected chi connectivity index (χ3v) is 3.16. The number of ether oxygens (including phenoxy) is 1. The maximum Gasteiger partial charge on any atom is 0.308 e. The van der Waals surface area contributed by atoms with Gasteiger partial charge < -0.3 is 9.64 Å². The van der Waals surface area contributed by atoms with Crippen LogP contribution in [0.3, 0.4) is 0 Å². The van der Waals surface area contributed by atoms with Crippen molar-refractivity contribution in [2.75, 3.05) is 18.0 Å². The van der Waals surface area contributed by atoms with Gasteiger partial charge in [0.2, 0.25) is 0 Å². The summed E-state index contributed by atoms with van der Waals surface area (Å²) in [6, 6.07) is 7.56. The second-order valence-corrected chi connectivity index (χ2v) is 6.01. The van der Waals surface area contributed by atoms with E-state index in [1.807, 2.05) is 45.0 Å². The van der Waals surface area contributed by atoms with Crippen LogP contribution in [0.2, 0.25) is 0 Å². The van der Waals surface area contributed by atoms with E-state index in [9.17, 15) is 9.59 Å². The molecule has 0 saturated heterocycles. The van der Waals surface area contributed by atoms with Crippen molar-refractivity contribution in [1.29, 1.82) is 0 Å². The number of benzene rings is 1. The first-order chi connectivity index (χ1) is 9.37. The Morgan fingerprint density at radius 3 is 2.70 bits per heavy atom. The van der Waals surface area contributed by atoms with Crippen LogP contribution in [0.25, 0.3) is 0 Å². The van der Waals surface area contributed by atoms with E-state index >= 15 is 0 Å². The summed E-state index contributed by atoms with van der Waals surface area (Å²) in [5.74, 6) is -0.0269. The van der Waals surface area contributed by atoms with E-state index < -0.39 is 5.60 Å². The first-order valence-electron chi connectivity index (χ1n) is 6.96. The molecule has 0 saturated carbocycles. The fourth-order valence-corrected chi connectivity index (χ4v) is 2.33. The number of carbonyl (C=O) groups is 2. The molecule has 0 spiro atoms. The molecule has 108 valence electrons. The third-order valence-electron chi connectivity index (χ3n) is 3.16. The van der Waals surface area contributed by atoms with Gasteiger partial charge >= 0.3 is 5.97 Å². The van der Waals surface area contributed by atoms with Crippen LogP contribution in [-0.2, 0) is 9.53 Å². The summed E-state index contributed by atoms with van der Waals surface area (Å²) in [5, 5.41) is 0. The van der Waals surface area contributed by atoms with Crippen LogP contribution in [-0.4, -0.2) is 30.4 Å². The summed E-state index contributed by atoms with van der Waals surface area (Å²) >= 11 is 0. The predicted molar refractivity (Wildman–Crippen MR) is 78.1 cm³/mol. The summed E-state index contributed by atoms with van der Waals surface area (Å²) < 4.78 is 5.31. The Hall–Kier alpha value is -1.84. The highest BCUT2D eigenvalue weighted by molar-refractivity contribution is 6.03. The molecule has 0 aliphatic carbocycles. The van der Waals surface area contributed by atoms with Gasteiger partial charge in [-0.05, 0) is 32.9 Å². The minimum absolute atomic E-state index is 0.175. The number of anilines is 1. The van der Waals surface area contributed by atoms with Gasteiger partial charge in [-0.15, -0.1) is 0 Å². The third kappa shape index (κ3) is 3.59. The number of carbonyl (C=O) groups excluding carboxylic acids is 2. The minimum Gasteiger partial charge on any atom is -0.460 e. The molecule has 4 heteroatoms. The summed E-state index contributed by atoms with van der Waals surface area (Å²) in [5.41, 5.74) is 1.22. The van der Waals surface area contributed by atoms with Crippen molar-refractivity contribution in [1.82, 2.24) is 0 Å². The molecule has 20 heavy (non-hydrogen) atoms. The van der Waals surface area contributed by atoms with Crippen LogP contribution in [0.1, 0.15) is 44.0 Å². The van der Waals surface area contributed by atoms with Crippen molar-refractivity contribution < 1.29 is 14.3 Å². The molecule has 0 aromatic heterocycles. The molecule has 0 bridgehead atoms. The van der Waals surface area contributed by atoms with Crippen LogP contribution < -0.4 is 4.90 Å². The normalized spacial score (nSPS) is 14.9. The highest BCUT2D eigenvalue weighted by atomic mass is 16.6. The molecule has 0 N–H and O–H groups in total. The van der Waals surface area contributed by atoms with E-state index in [0.717, 1.165) is 11.3 Å². The number of rotatable bonds is 3. The maximum atomic E-state index is 11.8. The molecule has 0 amide bonds. The Balaban J connectivity index is 2.00.